The standard InChI is InChI=1S/C16H13ClN4S/c1-11-5-2-3-6-13(11)10-18-21-15(19-20-16(21)22)12-7-4-8-14(17)9-12/h2-10H,1H3,(H,20,22)/b18-10+. The van der Waals surface area contributed by atoms with Gasteiger partial charge in [0.1, 0.15) is 0 Å². The van der Waals surface area contributed by atoms with E-state index in [4.69, 9.17) is 23.8 Å². The van der Waals surface area contributed by atoms with Crippen molar-refractivity contribution in [1.82, 2.24) is 14.9 Å². The minimum atomic E-state index is 0.430. The van der Waals surface area contributed by atoms with Gasteiger partial charge >= 0.3 is 0 Å². The summed E-state index contributed by atoms with van der Waals surface area (Å²) in [7, 11) is 0. The normalized spacial score (nSPS) is 11.2. The summed E-state index contributed by atoms with van der Waals surface area (Å²) in [6, 6.07) is 15.4. The molecule has 0 unspecified atom stereocenters. The number of H-pyrrole nitrogens is 1. The van der Waals surface area contributed by atoms with Crippen molar-refractivity contribution in [3.63, 3.8) is 0 Å². The van der Waals surface area contributed by atoms with Crippen LogP contribution in [0.1, 0.15) is 11.1 Å². The van der Waals surface area contributed by atoms with Gasteiger partial charge in [-0.15, -0.1) is 0 Å². The minimum Gasteiger partial charge on any atom is -0.250 e. The van der Waals surface area contributed by atoms with Gasteiger partial charge in [0.15, 0.2) is 5.82 Å². The molecular formula is C16H13ClN4S. The van der Waals surface area contributed by atoms with Gasteiger partial charge in [0.05, 0.1) is 6.21 Å². The fourth-order valence-corrected chi connectivity index (χ4v) is 2.43. The van der Waals surface area contributed by atoms with E-state index in [1.54, 1.807) is 10.9 Å². The predicted molar refractivity (Wildman–Crippen MR) is 92.0 cm³/mol. The third-order valence-electron chi connectivity index (χ3n) is 3.23. The second-order valence-corrected chi connectivity index (χ2v) is 5.60. The van der Waals surface area contributed by atoms with Gasteiger partial charge in [0.2, 0.25) is 4.77 Å². The molecule has 22 heavy (non-hydrogen) atoms. The zero-order valence-electron chi connectivity index (χ0n) is 11.8. The Bertz CT molecular complexity index is 895. The third kappa shape index (κ3) is 3.00. The Morgan fingerprint density at radius 3 is 2.82 bits per heavy atom. The van der Waals surface area contributed by atoms with Gasteiger partial charge in [-0.3, -0.25) is 0 Å². The number of benzene rings is 2. The molecule has 0 saturated carbocycles. The number of hydrogen-bond donors (Lipinski definition) is 1. The van der Waals surface area contributed by atoms with Crippen molar-refractivity contribution in [3.8, 4) is 11.4 Å². The fraction of sp³-hybridized carbons (Fsp3) is 0.0625. The van der Waals surface area contributed by atoms with Crippen LogP contribution in [0.5, 0.6) is 0 Å². The molecule has 0 atom stereocenters. The summed E-state index contributed by atoms with van der Waals surface area (Å²) in [6.07, 6.45) is 1.77. The van der Waals surface area contributed by atoms with Crippen LogP contribution in [0.15, 0.2) is 53.6 Å². The van der Waals surface area contributed by atoms with Crippen molar-refractivity contribution < 1.29 is 0 Å². The number of aryl methyl sites for hydroxylation is 1. The van der Waals surface area contributed by atoms with Crippen molar-refractivity contribution in [2.75, 3.05) is 0 Å². The Balaban J connectivity index is 2.04. The number of hydrogen-bond acceptors (Lipinski definition) is 3. The fourth-order valence-electron chi connectivity index (χ4n) is 2.06. The molecular weight excluding hydrogens is 316 g/mol. The molecule has 0 saturated heterocycles. The molecule has 0 bridgehead atoms. The SMILES string of the molecule is Cc1ccccc1/C=N/n1c(-c2cccc(Cl)c2)n[nH]c1=S. The Hall–Kier alpha value is -2.24. The lowest BCUT2D eigenvalue weighted by molar-refractivity contribution is 0.871. The summed E-state index contributed by atoms with van der Waals surface area (Å²) >= 11 is 11.3. The molecule has 4 nitrogen and oxygen atoms in total. The zero-order valence-corrected chi connectivity index (χ0v) is 13.4. The molecule has 0 aliphatic heterocycles. The summed E-state index contributed by atoms with van der Waals surface area (Å²) in [5.74, 6) is 0.623. The van der Waals surface area contributed by atoms with E-state index in [1.807, 2.05) is 55.5 Å². The van der Waals surface area contributed by atoms with Crippen LogP contribution in [-0.4, -0.2) is 21.1 Å². The number of aromatic amines is 1. The van der Waals surface area contributed by atoms with E-state index in [0.717, 1.165) is 16.7 Å². The van der Waals surface area contributed by atoms with E-state index >= 15 is 0 Å². The lowest BCUT2D eigenvalue weighted by Crippen LogP contribution is -1.96. The maximum absolute atomic E-state index is 6.04. The van der Waals surface area contributed by atoms with E-state index in [1.165, 1.54) is 0 Å². The minimum absolute atomic E-state index is 0.430. The van der Waals surface area contributed by atoms with Gasteiger partial charge in [-0.05, 0) is 42.4 Å². The maximum atomic E-state index is 6.04. The largest absolute Gasteiger partial charge is 0.250 e. The van der Waals surface area contributed by atoms with Crippen molar-refractivity contribution in [2.45, 2.75) is 6.92 Å². The molecule has 0 amide bonds. The Kier molecular flexibility index (Phi) is 4.18. The first-order valence-electron chi connectivity index (χ1n) is 6.68. The molecule has 0 spiro atoms. The van der Waals surface area contributed by atoms with E-state index in [-0.39, 0.29) is 0 Å². The van der Waals surface area contributed by atoms with E-state index in [9.17, 15) is 0 Å². The van der Waals surface area contributed by atoms with Crippen LogP contribution in [0.2, 0.25) is 5.02 Å². The first-order chi connectivity index (χ1) is 10.6. The highest BCUT2D eigenvalue weighted by Gasteiger charge is 2.08. The van der Waals surface area contributed by atoms with Crippen molar-refractivity contribution >= 4 is 30.0 Å². The number of halogens is 1. The van der Waals surface area contributed by atoms with Gasteiger partial charge in [-0.2, -0.15) is 14.9 Å². The Labute approximate surface area is 138 Å². The second kappa shape index (κ2) is 6.25. The van der Waals surface area contributed by atoms with Gasteiger partial charge in [0.25, 0.3) is 0 Å². The molecule has 1 heterocycles. The first kappa shape index (κ1) is 14.7. The summed E-state index contributed by atoms with van der Waals surface area (Å²) < 4.78 is 2.02. The second-order valence-electron chi connectivity index (χ2n) is 4.78. The molecule has 3 aromatic rings. The summed E-state index contributed by atoms with van der Waals surface area (Å²) in [4.78, 5) is 0. The van der Waals surface area contributed by atoms with E-state index < -0.39 is 0 Å². The summed E-state index contributed by atoms with van der Waals surface area (Å²) in [5, 5.41) is 12.1. The average Bonchev–Trinajstić information content (AvgIpc) is 2.87. The van der Waals surface area contributed by atoms with Crippen LogP contribution < -0.4 is 0 Å². The monoisotopic (exact) mass is 328 g/mol. The van der Waals surface area contributed by atoms with Gasteiger partial charge in [-0.1, -0.05) is 48.0 Å². The molecule has 6 heteroatoms. The number of rotatable bonds is 3. The van der Waals surface area contributed by atoms with E-state index in [2.05, 4.69) is 15.3 Å². The van der Waals surface area contributed by atoms with Gasteiger partial charge < -0.3 is 0 Å². The lowest BCUT2D eigenvalue weighted by atomic mass is 10.1. The average molecular weight is 329 g/mol. The van der Waals surface area contributed by atoms with Crippen LogP contribution in [-0.2, 0) is 0 Å². The molecule has 0 aliphatic carbocycles. The molecule has 1 N–H and O–H groups in total. The molecule has 2 aromatic carbocycles. The van der Waals surface area contributed by atoms with Crippen molar-refractivity contribution in [2.24, 2.45) is 5.10 Å². The van der Waals surface area contributed by atoms with Crippen LogP contribution in [0.4, 0.5) is 0 Å². The lowest BCUT2D eigenvalue weighted by Gasteiger charge is -2.02. The quantitative estimate of drug-likeness (QED) is 0.570. The molecule has 0 radical (unpaired) electrons. The molecule has 110 valence electrons. The van der Waals surface area contributed by atoms with Crippen LogP contribution in [0, 0.1) is 11.7 Å². The molecule has 0 fully saturated rings. The predicted octanol–water partition coefficient (Wildman–Crippen LogP) is 4.45. The summed E-state index contributed by atoms with van der Waals surface area (Å²) in [6.45, 7) is 2.04. The topological polar surface area (TPSA) is 46.0 Å². The summed E-state index contributed by atoms with van der Waals surface area (Å²) in [5.41, 5.74) is 3.02. The molecule has 0 aliphatic rings. The van der Waals surface area contributed by atoms with E-state index in [0.29, 0.717) is 15.6 Å². The highest BCUT2D eigenvalue weighted by molar-refractivity contribution is 7.71. The van der Waals surface area contributed by atoms with Crippen molar-refractivity contribution in [3.05, 3.63) is 69.5 Å². The van der Waals surface area contributed by atoms with Crippen LogP contribution in [0.25, 0.3) is 11.4 Å². The van der Waals surface area contributed by atoms with Crippen molar-refractivity contribution in [1.29, 1.82) is 0 Å². The zero-order chi connectivity index (χ0) is 15.5. The maximum Gasteiger partial charge on any atom is 0.216 e. The smallest absolute Gasteiger partial charge is 0.216 e. The number of aromatic nitrogens is 3. The highest BCUT2D eigenvalue weighted by Crippen LogP contribution is 2.21. The van der Waals surface area contributed by atoms with Crippen LogP contribution >= 0.6 is 23.8 Å². The number of nitrogens with zero attached hydrogens (tertiary/aromatic N) is 3. The number of nitrogens with one attached hydrogen (secondary N) is 1. The van der Waals surface area contributed by atoms with Gasteiger partial charge in [0, 0.05) is 10.6 Å². The Morgan fingerprint density at radius 2 is 2.05 bits per heavy atom. The Morgan fingerprint density at radius 1 is 1.23 bits per heavy atom. The first-order valence-corrected chi connectivity index (χ1v) is 7.47. The molecule has 3 rings (SSSR count). The highest BCUT2D eigenvalue weighted by atomic mass is 35.5. The molecule has 1 aromatic heterocycles. The van der Waals surface area contributed by atoms with Gasteiger partial charge in [-0.25, -0.2) is 5.10 Å². The van der Waals surface area contributed by atoms with Crippen LogP contribution in [0.3, 0.4) is 0 Å². The third-order valence-corrected chi connectivity index (χ3v) is 3.73.